The molecule has 0 unspecified atom stereocenters. The molecule has 0 saturated heterocycles. The van der Waals surface area contributed by atoms with Gasteiger partial charge in [-0.05, 0) is 19.4 Å². The van der Waals surface area contributed by atoms with E-state index in [4.69, 9.17) is 0 Å². The topological polar surface area (TPSA) is 56.5 Å². The van der Waals surface area contributed by atoms with Crippen LogP contribution in [0.2, 0.25) is 0 Å². The van der Waals surface area contributed by atoms with Gasteiger partial charge in [-0.1, -0.05) is 30.3 Å². The van der Waals surface area contributed by atoms with Crippen molar-refractivity contribution in [3.05, 3.63) is 47.7 Å². The molecule has 1 aromatic heterocycles. The van der Waals surface area contributed by atoms with Crippen LogP contribution in [0.1, 0.15) is 24.6 Å². The molecular weight excluding hydrogens is 266 g/mol. The van der Waals surface area contributed by atoms with Crippen LogP contribution in [0.25, 0.3) is 0 Å². The minimum absolute atomic E-state index is 0.187. The van der Waals surface area contributed by atoms with Gasteiger partial charge in [-0.25, -0.2) is 9.67 Å². The number of hydrogen-bond acceptors (Lipinski definition) is 4. The van der Waals surface area contributed by atoms with Crippen LogP contribution in [0, 0.1) is 6.92 Å². The van der Waals surface area contributed by atoms with E-state index in [2.05, 4.69) is 14.8 Å². The first-order valence-electron chi connectivity index (χ1n) is 6.78. The average molecular weight is 285 g/mol. The van der Waals surface area contributed by atoms with Crippen molar-refractivity contribution < 1.29 is 9.53 Å². The van der Waals surface area contributed by atoms with E-state index in [1.807, 2.05) is 54.9 Å². The second kappa shape index (κ2) is 6.83. The van der Waals surface area contributed by atoms with Gasteiger partial charge in [0.15, 0.2) is 5.82 Å². The molecule has 5 heteroatoms. The van der Waals surface area contributed by atoms with E-state index in [0.29, 0.717) is 12.3 Å². The van der Waals surface area contributed by atoms with E-state index in [9.17, 15) is 4.79 Å². The highest BCUT2D eigenvalue weighted by Crippen LogP contribution is 2.17. The van der Waals surface area contributed by atoms with Gasteiger partial charge < -0.3 is 4.74 Å². The molecule has 0 spiro atoms. The third kappa shape index (κ3) is 4.27. The molecule has 21 heavy (non-hydrogen) atoms. The Bertz CT molecular complexity index is 645. The highest BCUT2D eigenvalue weighted by molar-refractivity contribution is 5.98. The van der Waals surface area contributed by atoms with Gasteiger partial charge in [0.05, 0.1) is 25.8 Å². The summed E-state index contributed by atoms with van der Waals surface area (Å²) in [5, 5.41) is 4.45. The number of ether oxygens (including phenoxy) is 1. The smallest absolute Gasteiger partial charge is 0.311 e. The second-order valence-corrected chi connectivity index (χ2v) is 4.89. The Morgan fingerprint density at radius 1 is 1.33 bits per heavy atom. The Hall–Kier alpha value is -2.43. The van der Waals surface area contributed by atoms with Gasteiger partial charge in [-0.15, -0.1) is 0 Å². The zero-order chi connectivity index (χ0) is 15.2. The van der Waals surface area contributed by atoms with Crippen molar-refractivity contribution in [2.45, 2.75) is 26.8 Å². The molecule has 2 aromatic rings. The third-order valence-electron chi connectivity index (χ3n) is 2.99. The van der Waals surface area contributed by atoms with Crippen LogP contribution in [0.5, 0.6) is 0 Å². The molecule has 0 aliphatic carbocycles. The maximum absolute atomic E-state index is 11.3. The molecule has 110 valence electrons. The Morgan fingerprint density at radius 3 is 2.71 bits per heavy atom. The van der Waals surface area contributed by atoms with Crippen molar-refractivity contribution in [3.63, 3.8) is 0 Å². The Kier molecular flexibility index (Phi) is 4.87. The number of carbonyl (C=O) groups is 1. The van der Waals surface area contributed by atoms with Crippen LogP contribution >= 0.6 is 0 Å². The van der Waals surface area contributed by atoms with Gasteiger partial charge in [-0.2, -0.15) is 5.10 Å². The highest BCUT2D eigenvalue weighted by Gasteiger charge is 2.08. The zero-order valence-electron chi connectivity index (χ0n) is 12.5. The first-order chi connectivity index (χ1) is 10.1. The van der Waals surface area contributed by atoms with Crippen LogP contribution in [0.15, 0.2) is 41.4 Å². The van der Waals surface area contributed by atoms with Crippen molar-refractivity contribution >= 4 is 17.5 Å². The SMILES string of the molecule is COC(=O)CC(C)=Nc1cc(C)nn1Cc1ccccc1. The number of aliphatic imine (C=N–C) groups is 1. The fourth-order valence-corrected chi connectivity index (χ4v) is 2.01. The van der Waals surface area contributed by atoms with E-state index in [1.165, 1.54) is 7.11 Å². The number of rotatable bonds is 5. The minimum atomic E-state index is -0.290. The van der Waals surface area contributed by atoms with E-state index < -0.39 is 0 Å². The quantitative estimate of drug-likeness (QED) is 0.627. The molecule has 0 fully saturated rings. The molecule has 1 aromatic carbocycles. The van der Waals surface area contributed by atoms with Gasteiger partial charge >= 0.3 is 5.97 Å². The molecule has 5 nitrogen and oxygen atoms in total. The van der Waals surface area contributed by atoms with Crippen molar-refractivity contribution in [2.75, 3.05) is 7.11 Å². The molecule has 2 rings (SSSR count). The van der Waals surface area contributed by atoms with Crippen molar-refractivity contribution in [1.29, 1.82) is 0 Å². The van der Waals surface area contributed by atoms with Crippen molar-refractivity contribution in [2.24, 2.45) is 4.99 Å². The van der Waals surface area contributed by atoms with Gasteiger partial charge in [0.2, 0.25) is 0 Å². The number of aryl methyl sites for hydroxylation is 1. The summed E-state index contributed by atoms with van der Waals surface area (Å²) in [6.07, 6.45) is 0.187. The van der Waals surface area contributed by atoms with E-state index in [-0.39, 0.29) is 12.4 Å². The molecular formula is C16H19N3O2. The summed E-state index contributed by atoms with van der Waals surface area (Å²) < 4.78 is 6.49. The van der Waals surface area contributed by atoms with Crippen molar-refractivity contribution in [1.82, 2.24) is 9.78 Å². The highest BCUT2D eigenvalue weighted by atomic mass is 16.5. The monoisotopic (exact) mass is 285 g/mol. The van der Waals surface area contributed by atoms with Gasteiger partial charge in [-0.3, -0.25) is 4.79 Å². The lowest BCUT2D eigenvalue weighted by Gasteiger charge is -2.05. The minimum Gasteiger partial charge on any atom is -0.469 e. The number of esters is 1. The molecule has 0 bridgehead atoms. The number of methoxy groups -OCH3 is 1. The molecule has 0 aliphatic heterocycles. The summed E-state index contributed by atoms with van der Waals surface area (Å²) in [6, 6.07) is 12.0. The number of carbonyl (C=O) groups excluding carboxylic acids is 1. The molecule has 1 heterocycles. The van der Waals surface area contributed by atoms with E-state index in [1.54, 1.807) is 0 Å². The fraction of sp³-hybridized carbons (Fsp3) is 0.312. The summed E-state index contributed by atoms with van der Waals surface area (Å²) in [7, 11) is 1.37. The summed E-state index contributed by atoms with van der Waals surface area (Å²) in [6.45, 7) is 4.39. The van der Waals surface area contributed by atoms with Crippen LogP contribution in [0.4, 0.5) is 5.82 Å². The van der Waals surface area contributed by atoms with Crippen LogP contribution in [0.3, 0.4) is 0 Å². The Morgan fingerprint density at radius 2 is 2.05 bits per heavy atom. The predicted octanol–water partition coefficient (Wildman–Crippen LogP) is 2.90. The third-order valence-corrected chi connectivity index (χ3v) is 2.99. The first kappa shape index (κ1) is 15.0. The second-order valence-electron chi connectivity index (χ2n) is 4.89. The van der Waals surface area contributed by atoms with Crippen LogP contribution in [-0.2, 0) is 16.1 Å². The predicted molar refractivity (Wildman–Crippen MR) is 81.9 cm³/mol. The Balaban J connectivity index is 2.20. The first-order valence-corrected chi connectivity index (χ1v) is 6.78. The molecule has 0 atom stereocenters. The summed E-state index contributed by atoms with van der Waals surface area (Å²) in [4.78, 5) is 15.7. The maximum atomic E-state index is 11.3. The summed E-state index contributed by atoms with van der Waals surface area (Å²) in [5.41, 5.74) is 2.76. The largest absolute Gasteiger partial charge is 0.469 e. The fourth-order valence-electron chi connectivity index (χ4n) is 2.01. The molecule has 0 aliphatic rings. The molecule has 0 N–H and O–H groups in total. The lowest BCUT2D eigenvalue weighted by molar-refractivity contribution is -0.139. The summed E-state index contributed by atoms with van der Waals surface area (Å²) in [5.74, 6) is 0.458. The molecule has 0 radical (unpaired) electrons. The Labute approximate surface area is 124 Å². The van der Waals surface area contributed by atoms with Gasteiger partial charge in [0.1, 0.15) is 0 Å². The number of hydrogen-bond donors (Lipinski definition) is 0. The van der Waals surface area contributed by atoms with Crippen molar-refractivity contribution in [3.8, 4) is 0 Å². The lowest BCUT2D eigenvalue weighted by Crippen LogP contribution is -2.07. The number of nitrogens with zero attached hydrogens (tertiary/aromatic N) is 3. The normalized spacial score (nSPS) is 11.5. The van der Waals surface area contributed by atoms with E-state index in [0.717, 1.165) is 17.1 Å². The summed E-state index contributed by atoms with van der Waals surface area (Å²) >= 11 is 0. The standard InChI is InChI=1S/C16H19N3O2/c1-12(10-16(20)21-3)17-15-9-13(2)18-19(15)11-14-7-5-4-6-8-14/h4-9H,10-11H2,1-3H3. The molecule has 0 amide bonds. The van der Waals surface area contributed by atoms with Crippen LogP contribution in [-0.4, -0.2) is 28.6 Å². The molecule has 0 saturated carbocycles. The zero-order valence-corrected chi connectivity index (χ0v) is 12.5. The average Bonchev–Trinajstić information content (AvgIpc) is 2.79. The van der Waals surface area contributed by atoms with Crippen LogP contribution < -0.4 is 0 Å². The van der Waals surface area contributed by atoms with Gasteiger partial charge in [0.25, 0.3) is 0 Å². The number of benzene rings is 1. The lowest BCUT2D eigenvalue weighted by atomic mass is 10.2. The van der Waals surface area contributed by atoms with E-state index >= 15 is 0 Å². The maximum Gasteiger partial charge on any atom is 0.311 e. The number of aromatic nitrogens is 2. The van der Waals surface area contributed by atoms with Gasteiger partial charge in [0, 0.05) is 11.8 Å².